The van der Waals surface area contributed by atoms with Crippen molar-refractivity contribution < 1.29 is 19.6 Å². The molecule has 180 valence electrons. The van der Waals surface area contributed by atoms with Crippen molar-refractivity contribution in [2.24, 2.45) is 0 Å². The van der Waals surface area contributed by atoms with E-state index in [9.17, 15) is 4.79 Å². The Bertz CT molecular complexity index is 1450. The van der Waals surface area contributed by atoms with Crippen LogP contribution in [-0.4, -0.2) is 39.8 Å². The summed E-state index contributed by atoms with van der Waals surface area (Å²) in [4.78, 5) is 22.0. The first-order valence-electron chi connectivity index (χ1n) is 12.2. The zero-order valence-electron chi connectivity index (χ0n) is 20.6. The van der Waals surface area contributed by atoms with E-state index in [-0.39, 0.29) is 29.8 Å². The lowest BCUT2D eigenvalue weighted by Crippen LogP contribution is -3.06. The highest BCUT2D eigenvalue weighted by atomic mass is 16.7. The van der Waals surface area contributed by atoms with Crippen LogP contribution in [0.15, 0.2) is 48.5 Å². The van der Waals surface area contributed by atoms with Crippen molar-refractivity contribution in [3.05, 3.63) is 54.2 Å². The van der Waals surface area contributed by atoms with Gasteiger partial charge in [0.25, 0.3) is 5.91 Å². The van der Waals surface area contributed by atoms with Gasteiger partial charge in [-0.2, -0.15) is 0 Å². The minimum atomic E-state index is -0.141. The molecule has 0 unspecified atom stereocenters. The molecule has 1 amide bonds. The fourth-order valence-corrected chi connectivity index (χ4v) is 6.09. The van der Waals surface area contributed by atoms with Gasteiger partial charge in [-0.25, -0.2) is 4.98 Å². The molecule has 2 aromatic carbocycles. The second-order valence-corrected chi connectivity index (χ2v) is 11.2. The van der Waals surface area contributed by atoms with Crippen molar-refractivity contribution in [3.8, 4) is 22.8 Å². The van der Waals surface area contributed by atoms with Gasteiger partial charge in [-0.3, -0.25) is 4.79 Å². The van der Waals surface area contributed by atoms with Gasteiger partial charge in [0.1, 0.15) is 5.69 Å². The lowest BCUT2D eigenvalue weighted by Gasteiger charge is -2.43. The molecule has 2 aliphatic heterocycles. The fourth-order valence-electron chi connectivity index (χ4n) is 6.09. The maximum absolute atomic E-state index is 13.6. The maximum Gasteiger partial charge on any atom is 0.270 e. The molecule has 0 spiro atoms. The zero-order chi connectivity index (χ0) is 24.4. The number of carbonyl (C=O) groups is 1. The van der Waals surface area contributed by atoms with Crippen molar-refractivity contribution in [2.45, 2.75) is 57.7 Å². The van der Waals surface area contributed by atoms with E-state index in [4.69, 9.17) is 14.5 Å². The molecule has 4 heterocycles. The molecule has 0 saturated carbocycles. The highest BCUT2D eigenvalue weighted by Crippen LogP contribution is 2.38. The maximum atomic E-state index is 13.6. The molecule has 4 aromatic rings. The first-order chi connectivity index (χ1) is 16.7. The summed E-state index contributed by atoms with van der Waals surface area (Å²) in [5, 5.41) is 7.75. The van der Waals surface area contributed by atoms with E-state index in [0.29, 0.717) is 11.4 Å². The number of pyridine rings is 1. The summed E-state index contributed by atoms with van der Waals surface area (Å²) in [5.41, 5.74) is 4.04. The molecule has 7 nitrogen and oxygen atoms in total. The van der Waals surface area contributed by atoms with Crippen molar-refractivity contribution >= 4 is 27.7 Å². The van der Waals surface area contributed by atoms with Gasteiger partial charge in [-0.05, 0) is 58.0 Å². The predicted molar refractivity (Wildman–Crippen MR) is 136 cm³/mol. The molecule has 0 bridgehead atoms. The molecule has 2 aromatic heterocycles. The van der Waals surface area contributed by atoms with Crippen molar-refractivity contribution in [3.63, 3.8) is 0 Å². The Balaban J connectivity index is 1.44. The molecule has 4 N–H and O–H groups in total. The second-order valence-electron chi connectivity index (χ2n) is 11.2. The van der Waals surface area contributed by atoms with Crippen LogP contribution in [0.3, 0.4) is 0 Å². The third-order valence-electron chi connectivity index (χ3n) is 7.04. The molecule has 0 radical (unpaired) electrons. The Morgan fingerprint density at radius 3 is 2.54 bits per heavy atom. The number of hydrogen-bond acceptors (Lipinski definition) is 4. The third kappa shape index (κ3) is 4.00. The monoisotopic (exact) mass is 471 g/mol. The average Bonchev–Trinajstić information content (AvgIpc) is 3.40. The number of fused-ring (bicyclic) bond motifs is 4. The number of nitrogens with two attached hydrogens (primary N) is 1. The Morgan fingerprint density at radius 1 is 1.00 bits per heavy atom. The number of H-pyrrole nitrogens is 1. The standard InChI is InChI=1S/C28H30N4O3/c1-27(2)13-17(14-28(3,4)32-27)29-26(33)21-12-19-18-7-5-6-8-20(18)30-25(19)24(31-21)16-9-10-22-23(11-16)35-15-34-22/h5-12,17,30,32H,13-15H2,1-4H3,(H,29,33)/p+1. The largest absolute Gasteiger partial charge is 0.454 e. The Hall–Kier alpha value is -3.58. The van der Waals surface area contributed by atoms with Gasteiger partial charge < -0.3 is 25.1 Å². The summed E-state index contributed by atoms with van der Waals surface area (Å²) in [6.45, 7) is 9.16. The van der Waals surface area contributed by atoms with Crippen LogP contribution in [0.1, 0.15) is 51.0 Å². The number of amides is 1. The predicted octanol–water partition coefficient (Wildman–Crippen LogP) is 4.12. The molecule has 1 fully saturated rings. The van der Waals surface area contributed by atoms with Gasteiger partial charge in [-0.15, -0.1) is 0 Å². The smallest absolute Gasteiger partial charge is 0.270 e. The third-order valence-corrected chi connectivity index (χ3v) is 7.04. The number of hydrogen-bond donors (Lipinski definition) is 3. The summed E-state index contributed by atoms with van der Waals surface area (Å²) in [6, 6.07) is 15.9. The Kier molecular flexibility index (Phi) is 4.83. The van der Waals surface area contributed by atoms with Crippen LogP contribution in [0.2, 0.25) is 0 Å². The van der Waals surface area contributed by atoms with E-state index in [1.165, 1.54) is 0 Å². The number of aromatic amines is 1. The second kappa shape index (κ2) is 7.71. The summed E-state index contributed by atoms with van der Waals surface area (Å²) in [7, 11) is 0. The first kappa shape index (κ1) is 21.9. The lowest BCUT2D eigenvalue weighted by molar-refractivity contribution is -0.787. The number of piperidine rings is 1. The van der Waals surface area contributed by atoms with Crippen LogP contribution in [-0.2, 0) is 0 Å². The number of rotatable bonds is 3. The molecular formula is C28H31N4O3+. The van der Waals surface area contributed by atoms with Crippen LogP contribution in [0.25, 0.3) is 33.1 Å². The van der Waals surface area contributed by atoms with Gasteiger partial charge in [-0.1, -0.05) is 18.2 Å². The van der Waals surface area contributed by atoms with Crippen molar-refractivity contribution in [1.82, 2.24) is 15.3 Å². The molecule has 0 atom stereocenters. The summed E-state index contributed by atoms with van der Waals surface area (Å²) in [6.07, 6.45) is 1.82. The molecule has 6 rings (SSSR count). The number of nitrogens with one attached hydrogen (secondary N) is 2. The van der Waals surface area contributed by atoms with Crippen LogP contribution >= 0.6 is 0 Å². The van der Waals surface area contributed by atoms with Gasteiger partial charge in [0, 0.05) is 40.7 Å². The Morgan fingerprint density at radius 2 is 1.74 bits per heavy atom. The molecule has 7 heteroatoms. The minimum Gasteiger partial charge on any atom is -0.454 e. The molecule has 2 aliphatic rings. The molecular weight excluding hydrogens is 440 g/mol. The van der Waals surface area contributed by atoms with Crippen LogP contribution in [0.5, 0.6) is 11.5 Å². The number of ether oxygens (including phenoxy) is 2. The van der Waals surface area contributed by atoms with E-state index in [1.54, 1.807) is 0 Å². The quantitative estimate of drug-likeness (QED) is 0.419. The summed E-state index contributed by atoms with van der Waals surface area (Å²) >= 11 is 0. The highest BCUT2D eigenvalue weighted by Gasteiger charge is 2.42. The molecule has 1 saturated heterocycles. The summed E-state index contributed by atoms with van der Waals surface area (Å²) in [5.74, 6) is 1.26. The normalized spacial score (nSPS) is 18.7. The van der Waals surface area contributed by atoms with Gasteiger partial charge in [0.05, 0.1) is 22.3 Å². The number of aromatic nitrogens is 2. The minimum absolute atomic E-state index is 0.0611. The SMILES string of the molecule is CC1(C)CC(NC(=O)c2cc3c([nH]c4ccccc43)c(-c3ccc4c(c3)OCO4)n2)CC(C)(C)[NH2+]1. The van der Waals surface area contributed by atoms with E-state index in [0.717, 1.165) is 51.7 Å². The van der Waals surface area contributed by atoms with Gasteiger partial charge in [0.15, 0.2) is 11.5 Å². The summed E-state index contributed by atoms with van der Waals surface area (Å²) < 4.78 is 11.1. The zero-order valence-corrected chi connectivity index (χ0v) is 20.6. The number of quaternary nitrogens is 1. The van der Waals surface area contributed by atoms with Gasteiger partial charge in [0.2, 0.25) is 6.79 Å². The van der Waals surface area contributed by atoms with E-state index in [1.807, 2.05) is 42.5 Å². The molecule has 35 heavy (non-hydrogen) atoms. The van der Waals surface area contributed by atoms with E-state index >= 15 is 0 Å². The first-order valence-corrected chi connectivity index (χ1v) is 12.2. The van der Waals surface area contributed by atoms with E-state index < -0.39 is 0 Å². The van der Waals surface area contributed by atoms with Crippen molar-refractivity contribution in [1.29, 1.82) is 0 Å². The van der Waals surface area contributed by atoms with E-state index in [2.05, 4.69) is 49.4 Å². The number of nitrogens with zero attached hydrogens (tertiary/aromatic N) is 1. The lowest BCUT2D eigenvalue weighted by atomic mass is 9.79. The highest BCUT2D eigenvalue weighted by molar-refractivity contribution is 6.13. The number of benzene rings is 2. The number of carbonyl (C=O) groups excluding carboxylic acids is 1. The Labute approximate surface area is 204 Å². The van der Waals surface area contributed by atoms with Crippen LogP contribution < -0.4 is 20.1 Å². The van der Waals surface area contributed by atoms with Crippen LogP contribution in [0, 0.1) is 0 Å². The number of para-hydroxylation sites is 1. The average molecular weight is 472 g/mol. The van der Waals surface area contributed by atoms with Crippen LogP contribution in [0.4, 0.5) is 0 Å². The topological polar surface area (TPSA) is 92.9 Å². The fraction of sp³-hybridized carbons (Fsp3) is 0.357. The van der Waals surface area contributed by atoms with Crippen molar-refractivity contribution in [2.75, 3.05) is 6.79 Å². The van der Waals surface area contributed by atoms with Gasteiger partial charge >= 0.3 is 0 Å². The molecule has 0 aliphatic carbocycles.